The lowest BCUT2D eigenvalue weighted by atomic mass is 9.68. The van der Waals surface area contributed by atoms with Gasteiger partial charge in [0.15, 0.2) is 46.2 Å². The number of amides is 1. The number of rotatable bonds is 21. The highest BCUT2D eigenvalue weighted by Crippen LogP contribution is 2.57. The van der Waals surface area contributed by atoms with Crippen molar-refractivity contribution in [2.24, 2.45) is 11.8 Å². The third-order valence-electron chi connectivity index (χ3n) is 14.4. The summed E-state index contributed by atoms with van der Waals surface area (Å²) in [5.41, 5.74) is 3.81. The summed E-state index contributed by atoms with van der Waals surface area (Å²) < 4.78 is 68.3. The van der Waals surface area contributed by atoms with Gasteiger partial charge in [-0.15, -0.1) is 0 Å². The molecule has 19 nitrogen and oxygen atoms in total. The van der Waals surface area contributed by atoms with Gasteiger partial charge in [-0.25, -0.2) is 34.3 Å². The van der Waals surface area contributed by atoms with E-state index < -0.39 is 42.8 Å². The number of aromatic nitrogens is 9. The quantitative estimate of drug-likeness (QED) is 0.0403. The lowest BCUT2D eigenvalue weighted by molar-refractivity contribution is -0.0928. The maximum atomic E-state index is 18.1. The summed E-state index contributed by atoms with van der Waals surface area (Å²) in [7, 11) is 3.19. The first-order chi connectivity index (χ1) is 37.6. The predicted octanol–water partition coefficient (Wildman–Crippen LogP) is 9.58. The van der Waals surface area contributed by atoms with Crippen LogP contribution in [0.15, 0.2) is 147 Å². The minimum Gasteiger partial charge on any atom is -0.497 e. The minimum atomic E-state index is -3.91. The average molecular weight is 1080 g/mol. The molecule has 4 aromatic carbocycles. The number of nitrogens with zero attached hydrogens (tertiary/aromatic N) is 10. The molecule has 11 rings (SSSR count). The van der Waals surface area contributed by atoms with Gasteiger partial charge in [0.25, 0.3) is 5.91 Å². The highest BCUT2D eigenvalue weighted by molar-refractivity contribution is 8.07. The van der Waals surface area contributed by atoms with Crippen LogP contribution >= 0.6 is 6.72 Å². The van der Waals surface area contributed by atoms with Gasteiger partial charge in [0.2, 0.25) is 0 Å². The van der Waals surface area contributed by atoms with Crippen molar-refractivity contribution in [1.82, 2.24) is 43.4 Å². The zero-order chi connectivity index (χ0) is 53.1. The molecule has 1 saturated heterocycles. The van der Waals surface area contributed by atoms with Crippen LogP contribution < -0.4 is 14.8 Å². The molecular formula is C55H53FN11O8PS. The van der Waals surface area contributed by atoms with E-state index >= 15 is 4.39 Å². The molecule has 1 amide bonds. The highest BCUT2D eigenvalue weighted by Gasteiger charge is 2.52. The van der Waals surface area contributed by atoms with Crippen molar-refractivity contribution >= 4 is 58.2 Å². The minimum absolute atomic E-state index is 0.00466. The monoisotopic (exact) mass is 1080 g/mol. The Morgan fingerprint density at radius 3 is 2.16 bits per heavy atom. The molecule has 77 heavy (non-hydrogen) atoms. The van der Waals surface area contributed by atoms with Crippen molar-refractivity contribution in [3.8, 4) is 17.6 Å². The van der Waals surface area contributed by atoms with Gasteiger partial charge >= 0.3 is 6.72 Å². The first-order valence-corrected chi connectivity index (χ1v) is 27.6. The molecule has 0 radical (unpaired) electrons. The van der Waals surface area contributed by atoms with E-state index in [1.807, 2.05) is 95.8 Å². The average Bonchev–Trinajstić information content (AvgIpc) is 4.36. The maximum Gasteiger partial charge on any atom is 0.327 e. The second-order valence-electron chi connectivity index (χ2n) is 18.6. The zero-order valence-electron chi connectivity index (χ0n) is 42.1. The zero-order valence-corrected chi connectivity index (χ0v) is 43.8. The maximum absolute atomic E-state index is 18.1. The van der Waals surface area contributed by atoms with Crippen LogP contribution in [0.4, 0.5) is 10.2 Å². The van der Waals surface area contributed by atoms with Gasteiger partial charge in [0.05, 0.1) is 59.2 Å². The number of nitriles is 1. The molecule has 1 saturated carbocycles. The Kier molecular flexibility index (Phi) is 14.9. The molecule has 2 fully saturated rings. The molecule has 1 aliphatic heterocycles. The number of hydrogen-bond acceptors (Lipinski definition) is 16. The number of carbonyl (C=O) groups is 1. The number of benzene rings is 4. The molecule has 1 aliphatic carbocycles. The molecule has 8 atom stereocenters. The summed E-state index contributed by atoms with van der Waals surface area (Å²) in [6.07, 6.45) is 5.12. The fraction of sp³-hybridized carbons (Fsp3) is 0.309. The molecule has 0 spiro atoms. The van der Waals surface area contributed by atoms with Gasteiger partial charge in [0.1, 0.15) is 42.0 Å². The van der Waals surface area contributed by atoms with Crippen LogP contribution in [0.2, 0.25) is 0 Å². The Labute approximate surface area is 447 Å². The SMILES string of the molecule is CC[C@@H]1[C@@H](COP(=S)(OCCC#N)O[C@H]2[C@@H](F)[C@H](n3cnc4c(NC(=O)c5ccccc5)ncnc43)O[C@@H]2COC(c2ccccc2)(c2ccc(OC)cc2)c2ccc(OC)cc2)C[C@H]1n1cnc2c1ncn1ccnc21. The number of halogens is 1. The standard InChI is InChI=1S/C55H53FN11O8PS/c1-4-42-36(28-43(42)66-33-62-47-50-58-25-26-65(50)32-63-52(47)66)29-73-76(77,72-27-11-24-57)75-48-44(74-54(45(48)56)67-34-61-46-49(59-31-60-51(46)67)64-53(68)35-12-7-5-8-13-35)30-71-55(37-14-9-6-10-15-37,38-16-20-40(69-2)21-17-38)39-18-22-41(70-3)23-19-39/h5-10,12-23,25-26,31-34,36,42-45,48,54H,4,11,27-30H2,1-3H3,(H,59,60,64,68)/t36-,42-,43-,44-,45-,48-,54-,76?/m1/s1. The molecule has 5 aromatic heterocycles. The number of anilines is 1. The topological polar surface area (TPSA) is 209 Å². The third kappa shape index (κ3) is 9.93. The van der Waals surface area contributed by atoms with Crippen LogP contribution in [-0.4, -0.2) is 102 Å². The molecule has 1 unspecified atom stereocenters. The molecule has 6 heterocycles. The van der Waals surface area contributed by atoms with Crippen LogP contribution in [0.1, 0.15) is 65.5 Å². The van der Waals surface area contributed by atoms with Crippen LogP contribution in [0.5, 0.6) is 11.5 Å². The van der Waals surface area contributed by atoms with Gasteiger partial charge in [0, 0.05) is 24.0 Å². The number of carbonyl (C=O) groups excluding carboxylic acids is 1. The van der Waals surface area contributed by atoms with Crippen molar-refractivity contribution < 1.29 is 41.7 Å². The van der Waals surface area contributed by atoms with Gasteiger partial charge < -0.3 is 37.9 Å². The number of hydrogen-bond donors (Lipinski definition) is 1. The van der Waals surface area contributed by atoms with E-state index in [4.69, 9.17) is 49.3 Å². The smallest absolute Gasteiger partial charge is 0.327 e. The number of ether oxygens (including phenoxy) is 4. The van der Waals surface area contributed by atoms with Crippen molar-refractivity contribution in [3.63, 3.8) is 0 Å². The van der Waals surface area contributed by atoms with Crippen molar-refractivity contribution in [2.45, 2.75) is 62.4 Å². The number of fused-ring (bicyclic) bond motifs is 4. The molecule has 0 bridgehead atoms. The fourth-order valence-corrected chi connectivity index (χ4v) is 12.6. The Bertz CT molecular complexity index is 3560. The fourth-order valence-electron chi connectivity index (χ4n) is 10.5. The van der Waals surface area contributed by atoms with E-state index in [2.05, 4.69) is 47.8 Å². The second-order valence-corrected chi connectivity index (χ2v) is 21.6. The number of alkyl halides is 1. The van der Waals surface area contributed by atoms with Crippen molar-refractivity contribution in [1.29, 1.82) is 5.26 Å². The summed E-state index contributed by atoms with van der Waals surface area (Å²) in [6, 6.07) is 35.5. The molecule has 2 aliphatic rings. The molecular weight excluding hydrogens is 1020 g/mol. The van der Waals surface area contributed by atoms with E-state index in [0.29, 0.717) is 29.0 Å². The Morgan fingerprint density at radius 1 is 0.805 bits per heavy atom. The lowest BCUT2D eigenvalue weighted by Crippen LogP contribution is -2.41. The van der Waals surface area contributed by atoms with Gasteiger partial charge in [-0.3, -0.25) is 18.3 Å². The molecule has 1 N–H and O–H groups in total. The largest absolute Gasteiger partial charge is 0.497 e. The number of nitrogens with one attached hydrogen (secondary N) is 1. The summed E-state index contributed by atoms with van der Waals surface area (Å²) in [4.78, 5) is 40.6. The second kappa shape index (κ2) is 22.2. The van der Waals surface area contributed by atoms with E-state index in [1.54, 1.807) is 57.1 Å². The van der Waals surface area contributed by atoms with E-state index in [1.165, 1.54) is 17.2 Å². The highest BCUT2D eigenvalue weighted by atomic mass is 32.5. The van der Waals surface area contributed by atoms with E-state index in [9.17, 15) is 10.1 Å². The van der Waals surface area contributed by atoms with Crippen LogP contribution in [-0.2, 0) is 40.5 Å². The van der Waals surface area contributed by atoms with Crippen LogP contribution in [0.25, 0.3) is 28.0 Å². The lowest BCUT2D eigenvalue weighted by Gasteiger charge is -2.45. The van der Waals surface area contributed by atoms with Crippen molar-refractivity contribution in [2.75, 3.05) is 39.4 Å². The molecule has 9 aromatic rings. The summed E-state index contributed by atoms with van der Waals surface area (Å²) in [6.45, 7) is -2.06. The first kappa shape index (κ1) is 51.6. The third-order valence-corrected chi connectivity index (χ3v) is 16.7. The van der Waals surface area contributed by atoms with Crippen LogP contribution in [0.3, 0.4) is 0 Å². The van der Waals surface area contributed by atoms with Crippen molar-refractivity contribution in [3.05, 3.63) is 169 Å². The Balaban J connectivity index is 0.935. The summed E-state index contributed by atoms with van der Waals surface area (Å²) >= 11 is 6.21. The molecule has 394 valence electrons. The van der Waals surface area contributed by atoms with Gasteiger partial charge in [-0.1, -0.05) is 86.1 Å². The van der Waals surface area contributed by atoms with Gasteiger partial charge in [-0.05, 0) is 83.2 Å². The van der Waals surface area contributed by atoms with Gasteiger partial charge in [-0.2, -0.15) is 5.26 Å². The normalized spacial score (nSPS) is 21.2. The molecule has 22 heteroatoms. The predicted molar refractivity (Wildman–Crippen MR) is 285 cm³/mol. The Morgan fingerprint density at radius 2 is 1.47 bits per heavy atom. The van der Waals surface area contributed by atoms with Crippen LogP contribution in [0, 0.1) is 23.2 Å². The van der Waals surface area contributed by atoms with E-state index in [0.717, 1.165) is 34.4 Å². The summed E-state index contributed by atoms with van der Waals surface area (Å²) in [5.74, 6) is 1.09. The number of methoxy groups -OCH3 is 2. The Hall–Kier alpha value is -7.54. The first-order valence-electron chi connectivity index (χ1n) is 25.1. The summed E-state index contributed by atoms with van der Waals surface area (Å²) in [5, 5.41) is 12.5. The van der Waals surface area contributed by atoms with E-state index in [-0.39, 0.29) is 61.1 Å². The number of imidazole rings is 3.